The molecule has 1 aromatic rings. The molecular formula is C13H16O5. The lowest BCUT2D eigenvalue weighted by Crippen LogP contribution is -2.25. The van der Waals surface area contributed by atoms with Gasteiger partial charge in [-0.1, -0.05) is 0 Å². The van der Waals surface area contributed by atoms with E-state index in [4.69, 9.17) is 14.2 Å². The first-order valence-corrected chi connectivity index (χ1v) is 5.74. The topological polar surface area (TPSA) is 54.0 Å². The summed E-state index contributed by atoms with van der Waals surface area (Å²) in [5.41, 5.74) is 0. The van der Waals surface area contributed by atoms with Crippen molar-refractivity contribution in [2.45, 2.75) is 25.7 Å². The Morgan fingerprint density at radius 1 is 1.33 bits per heavy atom. The van der Waals surface area contributed by atoms with Gasteiger partial charge in [0.15, 0.2) is 5.79 Å². The molecule has 1 aromatic carbocycles. The molecule has 18 heavy (non-hydrogen) atoms. The molecule has 5 heteroatoms. The van der Waals surface area contributed by atoms with Gasteiger partial charge in [0, 0.05) is 0 Å². The first kappa shape index (κ1) is 12.9. The van der Waals surface area contributed by atoms with Gasteiger partial charge in [-0.05, 0) is 38.1 Å². The summed E-state index contributed by atoms with van der Waals surface area (Å²) in [6.07, 6.45) is -0.0640. The highest BCUT2D eigenvalue weighted by atomic mass is 16.7. The van der Waals surface area contributed by atoms with Gasteiger partial charge in [-0.3, -0.25) is 4.79 Å². The third-order valence-corrected chi connectivity index (χ3v) is 2.51. The highest BCUT2D eigenvalue weighted by Crippen LogP contribution is 2.23. The molecule has 1 saturated heterocycles. The Morgan fingerprint density at radius 2 is 2.00 bits per heavy atom. The summed E-state index contributed by atoms with van der Waals surface area (Å²) in [6.45, 7) is 5.09. The van der Waals surface area contributed by atoms with E-state index in [-0.39, 0.29) is 6.10 Å². The average Bonchev–Trinajstić information content (AvgIpc) is 2.69. The number of carbonyl (C=O) groups excluding carboxylic acids is 1. The van der Waals surface area contributed by atoms with Crippen LogP contribution in [0.2, 0.25) is 0 Å². The summed E-state index contributed by atoms with van der Waals surface area (Å²) >= 11 is 0. The summed E-state index contributed by atoms with van der Waals surface area (Å²) in [5.74, 6) is 0.649. The van der Waals surface area contributed by atoms with E-state index in [9.17, 15) is 4.79 Å². The van der Waals surface area contributed by atoms with Gasteiger partial charge >= 0.3 is 0 Å². The van der Waals surface area contributed by atoms with Crippen LogP contribution in [0.25, 0.3) is 0 Å². The van der Waals surface area contributed by atoms with Gasteiger partial charge in [-0.25, -0.2) is 0 Å². The van der Waals surface area contributed by atoms with Crippen LogP contribution in [0.1, 0.15) is 13.8 Å². The molecule has 2 rings (SSSR count). The predicted octanol–water partition coefficient (Wildman–Crippen LogP) is 1.75. The summed E-state index contributed by atoms with van der Waals surface area (Å²) in [7, 11) is 0. The van der Waals surface area contributed by atoms with Crippen LogP contribution in [0.3, 0.4) is 0 Å². The molecule has 1 aliphatic heterocycles. The molecule has 1 unspecified atom stereocenters. The highest BCUT2D eigenvalue weighted by Gasteiger charge is 2.32. The molecule has 0 N–H and O–H groups in total. The van der Waals surface area contributed by atoms with Crippen molar-refractivity contribution in [2.24, 2.45) is 0 Å². The van der Waals surface area contributed by atoms with Crippen LogP contribution in [0.15, 0.2) is 24.3 Å². The second-order valence-electron chi connectivity index (χ2n) is 4.45. The largest absolute Gasteiger partial charge is 0.491 e. The van der Waals surface area contributed by atoms with Gasteiger partial charge in [-0.15, -0.1) is 0 Å². The summed E-state index contributed by atoms with van der Waals surface area (Å²) in [4.78, 5) is 10.1. The molecule has 1 fully saturated rings. The Labute approximate surface area is 106 Å². The van der Waals surface area contributed by atoms with Crippen LogP contribution in [0, 0.1) is 0 Å². The zero-order chi connectivity index (χ0) is 13.0. The summed E-state index contributed by atoms with van der Waals surface area (Å²) in [5, 5.41) is 0. The van der Waals surface area contributed by atoms with Crippen molar-refractivity contribution in [3.63, 3.8) is 0 Å². The SMILES string of the molecule is CC1(C)OCC(COc2ccc(OC=O)cc2)O1. The molecule has 0 bridgehead atoms. The van der Waals surface area contributed by atoms with Crippen molar-refractivity contribution >= 4 is 6.47 Å². The Hall–Kier alpha value is -1.59. The lowest BCUT2D eigenvalue weighted by molar-refractivity contribution is -0.141. The van der Waals surface area contributed by atoms with Gasteiger partial charge in [0.05, 0.1) is 6.61 Å². The summed E-state index contributed by atoms with van der Waals surface area (Å²) < 4.78 is 21.3. The first-order valence-electron chi connectivity index (χ1n) is 5.74. The average molecular weight is 252 g/mol. The van der Waals surface area contributed by atoms with Crippen molar-refractivity contribution in [3.05, 3.63) is 24.3 Å². The van der Waals surface area contributed by atoms with Crippen LogP contribution in [0.4, 0.5) is 0 Å². The Morgan fingerprint density at radius 3 is 2.56 bits per heavy atom. The molecule has 0 amide bonds. The molecule has 1 aliphatic rings. The molecule has 0 radical (unpaired) electrons. The van der Waals surface area contributed by atoms with Gasteiger partial charge in [0.1, 0.15) is 24.2 Å². The van der Waals surface area contributed by atoms with Gasteiger partial charge in [0.2, 0.25) is 0 Å². The number of ether oxygens (including phenoxy) is 4. The monoisotopic (exact) mass is 252 g/mol. The molecule has 0 aliphatic carbocycles. The minimum Gasteiger partial charge on any atom is -0.491 e. The maximum absolute atomic E-state index is 10.1. The van der Waals surface area contributed by atoms with E-state index in [1.807, 2.05) is 13.8 Å². The van der Waals surface area contributed by atoms with Crippen molar-refractivity contribution in [2.75, 3.05) is 13.2 Å². The van der Waals surface area contributed by atoms with Crippen LogP contribution in [-0.4, -0.2) is 31.6 Å². The highest BCUT2D eigenvalue weighted by molar-refractivity contribution is 5.45. The van der Waals surface area contributed by atoms with Crippen LogP contribution in [0.5, 0.6) is 11.5 Å². The number of rotatable bonds is 5. The number of hydrogen-bond acceptors (Lipinski definition) is 5. The molecule has 1 atom stereocenters. The molecule has 1 heterocycles. The minimum atomic E-state index is -0.532. The van der Waals surface area contributed by atoms with E-state index in [0.29, 0.717) is 31.2 Å². The standard InChI is InChI=1S/C13H16O5/c1-13(2)17-8-12(18-13)7-15-10-3-5-11(6-4-10)16-9-14/h3-6,9,12H,7-8H2,1-2H3. The Bertz CT molecular complexity index is 398. The van der Waals surface area contributed by atoms with Gasteiger partial charge in [-0.2, -0.15) is 0 Å². The first-order chi connectivity index (χ1) is 8.59. The third kappa shape index (κ3) is 3.45. The number of benzene rings is 1. The minimum absolute atomic E-state index is 0.0640. The van der Waals surface area contributed by atoms with Crippen LogP contribution >= 0.6 is 0 Å². The second kappa shape index (κ2) is 5.37. The van der Waals surface area contributed by atoms with Crippen LogP contribution < -0.4 is 9.47 Å². The molecule has 0 aromatic heterocycles. The molecule has 98 valence electrons. The molecule has 5 nitrogen and oxygen atoms in total. The molecule has 0 spiro atoms. The molecular weight excluding hydrogens is 236 g/mol. The maximum atomic E-state index is 10.1. The summed E-state index contributed by atoms with van der Waals surface area (Å²) in [6, 6.07) is 6.80. The fourth-order valence-electron chi connectivity index (χ4n) is 1.70. The van der Waals surface area contributed by atoms with Gasteiger partial charge < -0.3 is 18.9 Å². The second-order valence-corrected chi connectivity index (χ2v) is 4.45. The zero-order valence-corrected chi connectivity index (χ0v) is 10.4. The maximum Gasteiger partial charge on any atom is 0.298 e. The molecule has 0 saturated carbocycles. The fourth-order valence-corrected chi connectivity index (χ4v) is 1.70. The lowest BCUT2D eigenvalue weighted by Gasteiger charge is -2.17. The van der Waals surface area contributed by atoms with E-state index >= 15 is 0 Å². The fraction of sp³-hybridized carbons (Fsp3) is 0.462. The zero-order valence-electron chi connectivity index (χ0n) is 10.4. The van der Waals surface area contributed by atoms with E-state index in [2.05, 4.69) is 4.74 Å². The van der Waals surface area contributed by atoms with Crippen molar-refractivity contribution in [1.82, 2.24) is 0 Å². The predicted molar refractivity (Wildman–Crippen MR) is 63.5 cm³/mol. The van der Waals surface area contributed by atoms with E-state index in [1.165, 1.54) is 0 Å². The quantitative estimate of drug-likeness (QED) is 0.747. The normalized spacial score (nSPS) is 21.6. The Kier molecular flexibility index (Phi) is 3.84. The Balaban J connectivity index is 1.81. The number of hydrogen-bond donors (Lipinski definition) is 0. The van der Waals surface area contributed by atoms with Gasteiger partial charge in [0.25, 0.3) is 6.47 Å². The smallest absolute Gasteiger partial charge is 0.298 e. The third-order valence-electron chi connectivity index (χ3n) is 2.51. The van der Waals surface area contributed by atoms with E-state index in [1.54, 1.807) is 24.3 Å². The van der Waals surface area contributed by atoms with Crippen molar-refractivity contribution in [1.29, 1.82) is 0 Å². The van der Waals surface area contributed by atoms with Crippen molar-refractivity contribution in [3.8, 4) is 11.5 Å². The lowest BCUT2D eigenvalue weighted by atomic mass is 10.3. The van der Waals surface area contributed by atoms with E-state index in [0.717, 1.165) is 0 Å². The van der Waals surface area contributed by atoms with E-state index < -0.39 is 5.79 Å². The van der Waals surface area contributed by atoms with Crippen molar-refractivity contribution < 1.29 is 23.7 Å². The number of carbonyl (C=O) groups is 1. The van der Waals surface area contributed by atoms with Crippen LogP contribution in [-0.2, 0) is 14.3 Å².